The summed E-state index contributed by atoms with van der Waals surface area (Å²) in [4.78, 5) is 13.2. The van der Waals surface area contributed by atoms with Gasteiger partial charge in [-0.3, -0.25) is 9.69 Å². The Bertz CT molecular complexity index is 197. The first kappa shape index (κ1) is 11.4. The highest BCUT2D eigenvalue weighted by atomic mass is 16.5. The molecule has 0 amide bonds. The van der Waals surface area contributed by atoms with Gasteiger partial charge < -0.3 is 14.6 Å². The number of nitrogens with zero attached hydrogens (tertiary/aromatic N) is 1. The van der Waals surface area contributed by atoms with Crippen LogP contribution in [0.4, 0.5) is 0 Å². The molecule has 1 saturated heterocycles. The summed E-state index contributed by atoms with van der Waals surface area (Å²) >= 11 is 0. The fraction of sp³-hybridized carbons (Fsp3) is 0.889. The fourth-order valence-electron chi connectivity index (χ4n) is 1.68. The third-order valence-electron chi connectivity index (χ3n) is 2.57. The standard InChI is InChI=1S/C9H17NO4/c1-13-6-7(5-11)10-4-3-8(10)9(12)14-2/h7-8,11H,3-6H2,1-2H3. The second-order valence-corrected chi connectivity index (χ2v) is 3.36. The van der Waals surface area contributed by atoms with Gasteiger partial charge in [-0.2, -0.15) is 0 Å². The maximum atomic E-state index is 11.2. The average molecular weight is 203 g/mol. The minimum Gasteiger partial charge on any atom is -0.468 e. The SMILES string of the molecule is COCC(CO)N1CCC1C(=O)OC. The number of likely N-dealkylation sites (tertiary alicyclic amines) is 1. The molecule has 1 aliphatic heterocycles. The lowest BCUT2D eigenvalue weighted by Gasteiger charge is -2.43. The lowest BCUT2D eigenvalue weighted by Crippen LogP contribution is -2.59. The first-order chi connectivity index (χ1) is 6.74. The van der Waals surface area contributed by atoms with Gasteiger partial charge in [0.05, 0.1) is 26.4 Å². The van der Waals surface area contributed by atoms with E-state index in [0.717, 1.165) is 13.0 Å². The highest BCUT2D eigenvalue weighted by Gasteiger charge is 2.39. The lowest BCUT2D eigenvalue weighted by molar-refractivity contribution is -0.155. The monoisotopic (exact) mass is 203 g/mol. The second-order valence-electron chi connectivity index (χ2n) is 3.36. The minimum atomic E-state index is -0.231. The summed E-state index contributed by atoms with van der Waals surface area (Å²) in [5.41, 5.74) is 0. The molecule has 82 valence electrons. The molecule has 1 heterocycles. The fourth-order valence-corrected chi connectivity index (χ4v) is 1.68. The number of aliphatic hydroxyl groups excluding tert-OH is 1. The Hall–Kier alpha value is -0.650. The van der Waals surface area contributed by atoms with E-state index in [2.05, 4.69) is 4.74 Å². The molecule has 0 aromatic carbocycles. The molecular formula is C9H17NO4. The number of aliphatic hydroxyl groups is 1. The maximum Gasteiger partial charge on any atom is 0.323 e. The Morgan fingerprint density at radius 3 is 2.71 bits per heavy atom. The number of carbonyl (C=O) groups excluding carboxylic acids is 1. The van der Waals surface area contributed by atoms with E-state index in [1.54, 1.807) is 7.11 Å². The summed E-state index contributed by atoms with van der Waals surface area (Å²) in [6, 6.07) is -0.301. The number of hydrogen-bond acceptors (Lipinski definition) is 5. The number of rotatable bonds is 5. The van der Waals surface area contributed by atoms with Crippen molar-refractivity contribution in [2.75, 3.05) is 34.0 Å². The van der Waals surface area contributed by atoms with Gasteiger partial charge in [0.25, 0.3) is 0 Å². The molecule has 1 fully saturated rings. The van der Waals surface area contributed by atoms with Gasteiger partial charge in [0.1, 0.15) is 6.04 Å². The van der Waals surface area contributed by atoms with Crippen molar-refractivity contribution in [3.05, 3.63) is 0 Å². The normalized spacial score (nSPS) is 24.1. The van der Waals surface area contributed by atoms with Crippen molar-refractivity contribution in [3.8, 4) is 0 Å². The number of esters is 1. The van der Waals surface area contributed by atoms with Crippen molar-refractivity contribution in [2.45, 2.75) is 18.5 Å². The summed E-state index contributed by atoms with van der Waals surface area (Å²) in [7, 11) is 2.96. The van der Waals surface area contributed by atoms with Crippen LogP contribution in [0.1, 0.15) is 6.42 Å². The predicted molar refractivity (Wildman–Crippen MR) is 49.9 cm³/mol. The number of hydrogen-bond donors (Lipinski definition) is 1. The summed E-state index contributed by atoms with van der Waals surface area (Å²) in [6.07, 6.45) is 0.798. The van der Waals surface area contributed by atoms with Gasteiger partial charge in [-0.15, -0.1) is 0 Å². The third kappa shape index (κ3) is 2.23. The van der Waals surface area contributed by atoms with Crippen LogP contribution < -0.4 is 0 Å². The Balaban J connectivity index is 2.47. The Labute approximate surface area is 83.6 Å². The van der Waals surface area contributed by atoms with E-state index in [9.17, 15) is 4.79 Å². The van der Waals surface area contributed by atoms with Crippen LogP contribution in [-0.2, 0) is 14.3 Å². The van der Waals surface area contributed by atoms with Crippen molar-refractivity contribution < 1.29 is 19.4 Å². The first-order valence-corrected chi connectivity index (χ1v) is 4.68. The highest BCUT2D eigenvalue weighted by molar-refractivity contribution is 5.76. The molecule has 0 radical (unpaired) electrons. The van der Waals surface area contributed by atoms with Crippen LogP contribution in [0.5, 0.6) is 0 Å². The number of ether oxygens (including phenoxy) is 2. The lowest BCUT2D eigenvalue weighted by atomic mass is 10.0. The Kier molecular flexibility index (Phi) is 4.31. The largest absolute Gasteiger partial charge is 0.468 e. The second kappa shape index (κ2) is 5.29. The van der Waals surface area contributed by atoms with Crippen molar-refractivity contribution >= 4 is 5.97 Å². The zero-order chi connectivity index (χ0) is 10.6. The Morgan fingerprint density at radius 2 is 2.36 bits per heavy atom. The van der Waals surface area contributed by atoms with Gasteiger partial charge in [0.15, 0.2) is 0 Å². The van der Waals surface area contributed by atoms with E-state index in [1.807, 2.05) is 4.90 Å². The molecule has 5 heteroatoms. The van der Waals surface area contributed by atoms with Gasteiger partial charge in [0.2, 0.25) is 0 Å². The van der Waals surface area contributed by atoms with Crippen molar-refractivity contribution in [3.63, 3.8) is 0 Å². The van der Waals surface area contributed by atoms with Crippen LogP contribution in [0, 0.1) is 0 Å². The van der Waals surface area contributed by atoms with Crippen LogP contribution in [0.15, 0.2) is 0 Å². The van der Waals surface area contributed by atoms with Crippen LogP contribution in [0.2, 0.25) is 0 Å². The van der Waals surface area contributed by atoms with E-state index < -0.39 is 0 Å². The zero-order valence-corrected chi connectivity index (χ0v) is 8.60. The molecule has 2 atom stereocenters. The Morgan fingerprint density at radius 1 is 1.64 bits per heavy atom. The number of carbonyl (C=O) groups is 1. The van der Waals surface area contributed by atoms with Crippen molar-refractivity contribution in [1.29, 1.82) is 0 Å². The van der Waals surface area contributed by atoms with Crippen molar-refractivity contribution in [1.82, 2.24) is 4.90 Å². The molecule has 0 bridgehead atoms. The van der Waals surface area contributed by atoms with Crippen LogP contribution in [0.25, 0.3) is 0 Å². The van der Waals surface area contributed by atoms with Crippen LogP contribution in [0.3, 0.4) is 0 Å². The smallest absolute Gasteiger partial charge is 0.323 e. The molecule has 2 unspecified atom stereocenters. The topological polar surface area (TPSA) is 59.0 Å². The molecule has 0 aromatic rings. The van der Waals surface area contributed by atoms with E-state index in [-0.39, 0.29) is 24.7 Å². The van der Waals surface area contributed by atoms with Crippen LogP contribution >= 0.6 is 0 Å². The summed E-state index contributed by atoms with van der Waals surface area (Å²) in [5.74, 6) is -0.231. The van der Waals surface area contributed by atoms with Crippen LogP contribution in [-0.4, -0.2) is 62.0 Å². The van der Waals surface area contributed by atoms with E-state index in [0.29, 0.717) is 6.61 Å². The van der Waals surface area contributed by atoms with Gasteiger partial charge in [-0.1, -0.05) is 0 Å². The van der Waals surface area contributed by atoms with Gasteiger partial charge >= 0.3 is 5.97 Å². The summed E-state index contributed by atoms with van der Waals surface area (Å²) in [5, 5.41) is 9.09. The quantitative estimate of drug-likeness (QED) is 0.595. The zero-order valence-electron chi connectivity index (χ0n) is 8.60. The molecular weight excluding hydrogens is 186 g/mol. The molecule has 0 saturated carbocycles. The molecule has 5 nitrogen and oxygen atoms in total. The molecule has 1 aliphatic rings. The molecule has 1 N–H and O–H groups in total. The number of methoxy groups -OCH3 is 2. The van der Waals surface area contributed by atoms with E-state index in [4.69, 9.17) is 9.84 Å². The van der Waals surface area contributed by atoms with Gasteiger partial charge in [0, 0.05) is 13.7 Å². The first-order valence-electron chi connectivity index (χ1n) is 4.68. The van der Waals surface area contributed by atoms with Gasteiger partial charge in [-0.05, 0) is 6.42 Å². The molecule has 0 aliphatic carbocycles. The van der Waals surface area contributed by atoms with Gasteiger partial charge in [-0.25, -0.2) is 0 Å². The van der Waals surface area contributed by atoms with E-state index >= 15 is 0 Å². The molecule has 0 aromatic heterocycles. The molecule has 14 heavy (non-hydrogen) atoms. The summed E-state index contributed by atoms with van der Waals surface area (Å²) in [6.45, 7) is 1.25. The van der Waals surface area contributed by atoms with E-state index in [1.165, 1.54) is 7.11 Å². The predicted octanol–water partition coefficient (Wildman–Crippen LogP) is -0.759. The third-order valence-corrected chi connectivity index (χ3v) is 2.57. The highest BCUT2D eigenvalue weighted by Crippen LogP contribution is 2.21. The summed E-state index contributed by atoms with van der Waals surface area (Å²) < 4.78 is 9.61. The minimum absolute atomic E-state index is 0.00132. The van der Waals surface area contributed by atoms with Crippen molar-refractivity contribution in [2.24, 2.45) is 0 Å². The molecule has 1 rings (SSSR count). The molecule has 0 spiro atoms. The maximum absolute atomic E-state index is 11.2. The average Bonchev–Trinajstić information content (AvgIpc) is 2.15.